The summed E-state index contributed by atoms with van der Waals surface area (Å²) in [5.74, 6) is -1.93. The third-order valence-corrected chi connectivity index (χ3v) is 5.18. The summed E-state index contributed by atoms with van der Waals surface area (Å²) >= 11 is 30.0. The summed E-state index contributed by atoms with van der Waals surface area (Å²) in [6, 6.07) is 4.24. The number of rotatable bonds is 3. The lowest BCUT2D eigenvalue weighted by Crippen LogP contribution is -2.03. The van der Waals surface area contributed by atoms with Crippen LogP contribution in [0, 0.1) is 5.82 Å². The second-order valence-electron chi connectivity index (χ2n) is 4.29. The summed E-state index contributed by atoms with van der Waals surface area (Å²) in [7, 11) is 0. The van der Waals surface area contributed by atoms with Crippen LogP contribution in [0.1, 0.15) is 5.56 Å². The SMILES string of the molecule is O=C(O)Cc1cccc(-c2c(Cl)c(Cl)c(Cl)c(Cl)c2Cl)c1F. The first-order chi connectivity index (χ1) is 10.3. The molecule has 0 bridgehead atoms. The maximum Gasteiger partial charge on any atom is 0.307 e. The Morgan fingerprint density at radius 1 is 0.955 bits per heavy atom. The van der Waals surface area contributed by atoms with Gasteiger partial charge < -0.3 is 5.11 Å². The van der Waals surface area contributed by atoms with Crippen molar-refractivity contribution < 1.29 is 14.3 Å². The van der Waals surface area contributed by atoms with E-state index >= 15 is 0 Å². The molecule has 0 unspecified atom stereocenters. The molecule has 0 aliphatic carbocycles. The number of benzene rings is 2. The molecule has 0 fully saturated rings. The molecule has 22 heavy (non-hydrogen) atoms. The first kappa shape index (κ1) is 17.6. The van der Waals surface area contributed by atoms with Crippen LogP contribution >= 0.6 is 58.0 Å². The summed E-state index contributed by atoms with van der Waals surface area (Å²) in [6.07, 6.45) is -0.482. The first-order valence-corrected chi connectivity index (χ1v) is 7.65. The second-order valence-corrected chi connectivity index (χ2v) is 6.18. The zero-order chi connectivity index (χ0) is 16.6. The summed E-state index contributed by atoms with van der Waals surface area (Å²) in [5, 5.41) is 8.53. The number of carbonyl (C=O) groups is 1. The van der Waals surface area contributed by atoms with Crippen LogP contribution in [0.15, 0.2) is 18.2 Å². The van der Waals surface area contributed by atoms with Crippen LogP contribution in [-0.4, -0.2) is 11.1 Å². The molecule has 8 heteroatoms. The summed E-state index contributed by atoms with van der Waals surface area (Å²) in [6.45, 7) is 0. The normalized spacial score (nSPS) is 10.8. The second kappa shape index (κ2) is 6.81. The number of halogens is 6. The van der Waals surface area contributed by atoms with Gasteiger partial charge in [-0.15, -0.1) is 0 Å². The Bertz CT molecular complexity index is 747. The van der Waals surface area contributed by atoms with Crippen LogP contribution in [0.2, 0.25) is 25.1 Å². The Kier molecular flexibility index (Phi) is 5.46. The smallest absolute Gasteiger partial charge is 0.307 e. The highest BCUT2D eigenvalue weighted by atomic mass is 35.5. The predicted molar refractivity (Wildman–Crippen MR) is 88.2 cm³/mol. The molecule has 2 aromatic rings. The molecule has 0 saturated heterocycles. The van der Waals surface area contributed by atoms with Gasteiger partial charge in [0.15, 0.2) is 0 Å². The van der Waals surface area contributed by atoms with Crippen molar-refractivity contribution in [3.63, 3.8) is 0 Å². The van der Waals surface area contributed by atoms with Crippen molar-refractivity contribution in [1.82, 2.24) is 0 Å². The molecular weight excluding hydrogens is 396 g/mol. The van der Waals surface area contributed by atoms with Crippen molar-refractivity contribution in [2.45, 2.75) is 6.42 Å². The highest BCUT2D eigenvalue weighted by Gasteiger charge is 2.23. The van der Waals surface area contributed by atoms with E-state index in [1.165, 1.54) is 18.2 Å². The molecule has 0 amide bonds. The van der Waals surface area contributed by atoms with E-state index < -0.39 is 18.2 Å². The number of hydrogen-bond donors (Lipinski definition) is 1. The minimum atomic E-state index is -1.17. The van der Waals surface area contributed by atoms with Gasteiger partial charge in [-0.05, 0) is 5.56 Å². The summed E-state index contributed by atoms with van der Waals surface area (Å²) < 4.78 is 14.5. The fourth-order valence-corrected chi connectivity index (χ4v) is 3.26. The molecule has 0 spiro atoms. The minimum Gasteiger partial charge on any atom is -0.481 e. The molecule has 2 aromatic carbocycles. The monoisotopic (exact) mass is 400 g/mol. The highest BCUT2D eigenvalue weighted by molar-refractivity contribution is 6.56. The lowest BCUT2D eigenvalue weighted by atomic mass is 10.0. The van der Waals surface area contributed by atoms with Crippen molar-refractivity contribution in [1.29, 1.82) is 0 Å². The van der Waals surface area contributed by atoms with Gasteiger partial charge in [-0.1, -0.05) is 76.2 Å². The fourth-order valence-electron chi connectivity index (χ4n) is 1.91. The molecule has 0 atom stereocenters. The van der Waals surface area contributed by atoms with Gasteiger partial charge in [-0.2, -0.15) is 0 Å². The van der Waals surface area contributed by atoms with Gasteiger partial charge in [0.2, 0.25) is 0 Å². The molecule has 0 aliphatic rings. The third kappa shape index (κ3) is 3.15. The minimum absolute atomic E-state index is 0.00535. The van der Waals surface area contributed by atoms with Crippen LogP contribution in [0.25, 0.3) is 11.1 Å². The molecule has 116 valence electrons. The number of carboxylic acid groups (broad SMARTS) is 1. The first-order valence-electron chi connectivity index (χ1n) is 5.76. The molecular formula is C14H6Cl5FO2. The van der Waals surface area contributed by atoms with Gasteiger partial charge in [-0.3, -0.25) is 4.79 Å². The van der Waals surface area contributed by atoms with Crippen LogP contribution < -0.4 is 0 Å². The van der Waals surface area contributed by atoms with Crippen LogP contribution in [-0.2, 0) is 11.2 Å². The van der Waals surface area contributed by atoms with Crippen molar-refractivity contribution in [3.05, 3.63) is 54.7 Å². The van der Waals surface area contributed by atoms with Gasteiger partial charge >= 0.3 is 5.97 Å². The average molecular weight is 402 g/mol. The van der Waals surface area contributed by atoms with Gasteiger partial charge in [0.05, 0.1) is 31.5 Å². The van der Waals surface area contributed by atoms with E-state index in [0.717, 1.165) is 0 Å². The van der Waals surface area contributed by atoms with Gasteiger partial charge in [0.1, 0.15) is 5.82 Å². The van der Waals surface area contributed by atoms with Crippen LogP contribution in [0.4, 0.5) is 4.39 Å². The van der Waals surface area contributed by atoms with E-state index in [9.17, 15) is 9.18 Å². The predicted octanol–water partition coefficient (Wildman–Crippen LogP) is 6.39. The standard InChI is InChI=1S/C14H6Cl5FO2/c15-9-8(10(16)12(18)13(19)11(9)17)6-3-1-2-5(14(6)20)4-7(21)22/h1-3H,4H2,(H,21,22). The fraction of sp³-hybridized carbons (Fsp3) is 0.0714. The van der Waals surface area contributed by atoms with Crippen LogP contribution in [0.5, 0.6) is 0 Å². The zero-order valence-electron chi connectivity index (χ0n) is 10.6. The Labute approximate surface area is 150 Å². The molecule has 0 heterocycles. The Morgan fingerprint density at radius 3 is 1.95 bits per heavy atom. The van der Waals surface area contributed by atoms with E-state index in [1.54, 1.807) is 0 Å². The Morgan fingerprint density at radius 2 is 1.45 bits per heavy atom. The highest BCUT2D eigenvalue weighted by Crippen LogP contribution is 2.48. The molecule has 2 rings (SSSR count). The number of aliphatic carboxylic acids is 1. The van der Waals surface area contributed by atoms with Crippen LogP contribution in [0.3, 0.4) is 0 Å². The van der Waals surface area contributed by atoms with E-state index in [1.807, 2.05) is 0 Å². The Hall–Kier alpha value is -0.710. The lowest BCUT2D eigenvalue weighted by molar-refractivity contribution is -0.136. The Balaban J connectivity index is 2.76. The quantitative estimate of drug-likeness (QED) is 0.477. The molecule has 0 radical (unpaired) electrons. The molecule has 0 saturated carbocycles. The van der Waals surface area contributed by atoms with Gasteiger partial charge in [0, 0.05) is 11.1 Å². The van der Waals surface area contributed by atoms with E-state index in [-0.39, 0.29) is 41.8 Å². The van der Waals surface area contributed by atoms with Crippen molar-refractivity contribution in [3.8, 4) is 11.1 Å². The lowest BCUT2D eigenvalue weighted by Gasteiger charge is -2.14. The number of hydrogen-bond acceptors (Lipinski definition) is 1. The van der Waals surface area contributed by atoms with Crippen molar-refractivity contribution in [2.75, 3.05) is 0 Å². The van der Waals surface area contributed by atoms with Crippen molar-refractivity contribution in [2.24, 2.45) is 0 Å². The van der Waals surface area contributed by atoms with Gasteiger partial charge in [-0.25, -0.2) is 4.39 Å². The summed E-state index contributed by atoms with van der Waals surface area (Å²) in [4.78, 5) is 10.8. The summed E-state index contributed by atoms with van der Waals surface area (Å²) in [5.41, 5.74) is 0.0426. The zero-order valence-corrected chi connectivity index (χ0v) is 14.3. The largest absolute Gasteiger partial charge is 0.481 e. The molecule has 2 nitrogen and oxygen atoms in total. The van der Waals surface area contributed by atoms with Crippen molar-refractivity contribution >= 4 is 64.0 Å². The van der Waals surface area contributed by atoms with E-state index in [0.29, 0.717) is 0 Å². The van der Waals surface area contributed by atoms with Gasteiger partial charge in [0.25, 0.3) is 0 Å². The molecule has 1 N–H and O–H groups in total. The topological polar surface area (TPSA) is 37.3 Å². The third-order valence-electron chi connectivity index (χ3n) is 2.90. The molecule has 0 aromatic heterocycles. The maximum atomic E-state index is 14.5. The van der Waals surface area contributed by atoms with E-state index in [4.69, 9.17) is 63.1 Å². The average Bonchev–Trinajstić information content (AvgIpc) is 2.46. The van der Waals surface area contributed by atoms with E-state index in [2.05, 4.69) is 0 Å². The molecule has 0 aliphatic heterocycles. The maximum absolute atomic E-state index is 14.5. The number of carboxylic acids is 1.